The van der Waals surface area contributed by atoms with Gasteiger partial charge < -0.3 is 14.7 Å². The van der Waals surface area contributed by atoms with Crippen LogP contribution in [0, 0.1) is 11.6 Å². The molecule has 1 aromatic carbocycles. The molecule has 9 heteroatoms. The van der Waals surface area contributed by atoms with Gasteiger partial charge in [0.1, 0.15) is 11.6 Å². The lowest BCUT2D eigenvalue weighted by Crippen LogP contribution is -2.52. The van der Waals surface area contributed by atoms with Crippen molar-refractivity contribution in [1.82, 2.24) is 15.0 Å². The Hall–Kier alpha value is -3.00. The van der Waals surface area contributed by atoms with Crippen molar-refractivity contribution in [3.8, 4) is 11.3 Å². The summed E-state index contributed by atoms with van der Waals surface area (Å²) in [5.41, 5.74) is 1.11. The molecule has 34 heavy (non-hydrogen) atoms. The summed E-state index contributed by atoms with van der Waals surface area (Å²) in [4.78, 5) is 20.8. The fourth-order valence-electron chi connectivity index (χ4n) is 4.83. The first-order chi connectivity index (χ1) is 16.4. The summed E-state index contributed by atoms with van der Waals surface area (Å²) >= 11 is 6.38. The van der Waals surface area contributed by atoms with Crippen LogP contribution in [-0.4, -0.2) is 53.2 Å². The molecular formula is C25H27ClF2N6. The second-order valence-corrected chi connectivity index (χ2v) is 9.43. The van der Waals surface area contributed by atoms with E-state index in [4.69, 9.17) is 21.6 Å². The van der Waals surface area contributed by atoms with Crippen molar-refractivity contribution in [2.75, 3.05) is 40.9 Å². The van der Waals surface area contributed by atoms with Crippen molar-refractivity contribution in [3.05, 3.63) is 59.3 Å². The highest BCUT2D eigenvalue weighted by Crippen LogP contribution is 2.32. The van der Waals surface area contributed by atoms with Gasteiger partial charge in [-0.1, -0.05) is 11.6 Å². The SMILES string of the molecule is CC1CCCN1c1nc(-c2ccc(F)c(F)c2)cc(N2CCN(c3ncccc3Cl)C[C@H]2C)n1. The number of benzene rings is 1. The summed E-state index contributed by atoms with van der Waals surface area (Å²) in [5.74, 6) is 0.437. The predicted molar refractivity (Wildman–Crippen MR) is 132 cm³/mol. The van der Waals surface area contributed by atoms with Gasteiger partial charge in [0.05, 0.1) is 10.7 Å². The molecule has 0 spiro atoms. The Bertz CT molecular complexity index is 1190. The topological polar surface area (TPSA) is 48.4 Å². The van der Waals surface area contributed by atoms with Crippen LogP contribution in [0.4, 0.5) is 26.4 Å². The van der Waals surface area contributed by atoms with Crippen LogP contribution in [0.25, 0.3) is 11.3 Å². The lowest BCUT2D eigenvalue weighted by Gasteiger charge is -2.41. The van der Waals surface area contributed by atoms with E-state index in [0.29, 0.717) is 28.3 Å². The lowest BCUT2D eigenvalue weighted by atomic mass is 10.1. The first-order valence-electron chi connectivity index (χ1n) is 11.6. The molecule has 2 atom stereocenters. The fourth-order valence-corrected chi connectivity index (χ4v) is 5.07. The largest absolute Gasteiger partial charge is 0.352 e. The Morgan fingerprint density at radius 1 is 0.941 bits per heavy atom. The number of piperazine rings is 1. The van der Waals surface area contributed by atoms with E-state index in [1.165, 1.54) is 6.07 Å². The quantitative estimate of drug-likeness (QED) is 0.509. The summed E-state index contributed by atoms with van der Waals surface area (Å²) in [5, 5.41) is 0.635. The zero-order valence-corrected chi connectivity index (χ0v) is 20.0. The highest BCUT2D eigenvalue weighted by Gasteiger charge is 2.29. The molecule has 4 heterocycles. The average molecular weight is 485 g/mol. The van der Waals surface area contributed by atoms with Crippen LogP contribution in [0.3, 0.4) is 0 Å². The molecule has 3 aromatic rings. The van der Waals surface area contributed by atoms with Crippen molar-refractivity contribution in [2.24, 2.45) is 0 Å². The molecule has 2 aromatic heterocycles. The number of nitrogens with zero attached hydrogens (tertiary/aromatic N) is 6. The fraction of sp³-hybridized carbons (Fsp3) is 0.400. The number of rotatable bonds is 4. The van der Waals surface area contributed by atoms with E-state index in [2.05, 4.69) is 33.5 Å². The summed E-state index contributed by atoms with van der Waals surface area (Å²) in [6, 6.07) is 9.90. The first kappa shape index (κ1) is 22.8. The normalized spacial score (nSPS) is 20.8. The zero-order chi connectivity index (χ0) is 23.8. The number of hydrogen-bond acceptors (Lipinski definition) is 6. The van der Waals surface area contributed by atoms with E-state index < -0.39 is 11.6 Å². The van der Waals surface area contributed by atoms with Gasteiger partial charge in [0.2, 0.25) is 5.95 Å². The number of aromatic nitrogens is 3. The van der Waals surface area contributed by atoms with Gasteiger partial charge in [-0.15, -0.1) is 0 Å². The molecule has 0 aliphatic carbocycles. The van der Waals surface area contributed by atoms with Crippen LogP contribution in [0.1, 0.15) is 26.7 Å². The molecule has 2 fully saturated rings. The van der Waals surface area contributed by atoms with Crippen LogP contribution in [0.5, 0.6) is 0 Å². The van der Waals surface area contributed by atoms with Gasteiger partial charge in [0, 0.05) is 56.1 Å². The molecule has 2 aliphatic heterocycles. The van der Waals surface area contributed by atoms with Crippen molar-refractivity contribution >= 4 is 29.2 Å². The molecular weight excluding hydrogens is 458 g/mol. The smallest absolute Gasteiger partial charge is 0.228 e. The van der Waals surface area contributed by atoms with E-state index >= 15 is 0 Å². The average Bonchev–Trinajstić information content (AvgIpc) is 3.26. The third-order valence-electron chi connectivity index (χ3n) is 6.69. The Morgan fingerprint density at radius 3 is 2.50 bits per heavy atom. The first-order valence-corrected chi connectivity index (χ1v) is 12.0. The van der Waals surface area contributed by atoms with Gasteiger partial charge in [-0.05, 0) is 57.0 Å². The minimum Gasteiger partial charge on any atom is -0.352 e. The Labute approximate surface area is 203 Å². The molecule has 1 unspecified atom stereocenters. The molecule has 0 radical (unpaired) electrons. The van der Waals surface area contributed by atoms with E-state index in [1.54, 1.807) is 12.3 Å². The van der Waals surface area contributed by atoms with E-state index in [1.807, 2.05) is 18.2 Å². The summed E-state index contributed by atoms with van der Waals surface area (Å²) in [6.07, 6.45) is 3.91. The van der Waals surface area contributed by atoms with Gasteiger partial charge in [-0.3, -0.25) is 0 Å². The summed E-state index contributed by atoms with van der Waals surface area (Å²) in [6.45, 7) is 7.37. The molecule has 0 saturated carbocycles. The van der Waals surface area contributed by atoms with Gasteiger partial charge in [0.25, 0.3) is 0 Å². The molecule has 6 nitrogen and oxygen atoms in total. The maximum atomic E-state index is 14.0. The number of hydrogen-bond donors (Lipinski definition) is 0. The molecule has 0 amide bonds. The van der Waals surface area contributed by atoms with Crippen LogP contribution in [0.2, 0.25) is 5.02 Å². The minimum absolute atomic E-state index is 0.128. The van der Waals surface area contributed by atoms with Crippen LogP contribution in [-0.2, 0) is 0 Å². The highest BCUT2D eigenvalue weighted by molar-refractivity contribution is 6.32. The minimum atomic E-state index is -0.886. The summed E-state index contributed by atoms with van der Waals surface area (Å²) < 4.78 is 27.6. The Balaban J connectivity index is 1.49. The standard InChI is InChI=1S/C25H27ClF2N6/c1-16-5-4-10-34(16)25-30-22(18-7-8-20(27)21(28)13-18)14-23(31-25)33-12-11-32(15-17(33)2)24-19(26)6-3-9-29-24/h3,6-9,13-14,16-17H,4-5,10-12,15H2,1-2H3/t16?,17-/m1/s1. The molecule has 2 saturated heterocycles. The van der Waals surface area contributed by atoms with Crippen LogP contribution in [0.15, 0.2) is 42.6 Å². The van der Waals surface area contributed by atoms with Crippen molar-refractivity contribution in [1.29, 1.82) is 0 Å². The highest BCUT2D eigenvalue weighted by atomic mass is 35.5. The number of halogens is 3. The third kappa shape index (κ3) is 4.39. The monoisotopic (exact) mass is 484 g/mol. The van der Waals surface area contributed by atoms with Gasteiger partial charge in [-0.2, -0.15) is 4.98 Å². The van der Waals surface area contributed by atoms with Crippen molar-refractivity contribution < 1.29 is 8.78 Å². The third-order valence-corrected chi connectivity index (χ3v) is 6.98. The number of pyridine rings is 1. The molecule has 2 aliphatic rings. The summed E-state index contributed by atoms with van der Waals surface area (Å²) in [7, 11) is 0. The van der Waals surface area contributed by atoms with Gasteiger partial charge >= 0.3 is 0 Å². The second-order valence-electron chi connectivity index (χ2n) is 9.02. The van der Waals surface area contributed by atoms with Crippen LogP contribution < -0.4 is 14.7 Å². The zero-order valence-electron chi connectivity index (χ0n) is 19.3. The van der Waals surface area contributed by atoms with Gasteiger partial charge in [-0.25, -0.2) is 18.7 Å². The van der Waals surface area contributed by atoms with E-state index in [-0.39, 0.29) is 6.04 Å². The molecule has 0 bridgehead atoms. The molecule has 178 valence electrons. The molecule has 0 N–H and O–H groups in total. The van der Waals surface area contributed by atoms with Crippen molar-refractivity contribution in [3.63, 3.8) is 0 Å². The lowest BCUT2D eigenvalue weighted by molar-refractivity contribution is 0.509. The Morgan fingerprint density at radius 2 is 1.79 bits per heavy atom. The van der Waals surface area contributed by atoms with Gasteiger partial charge in [0.15, 0.2) is 11.6 Å². The maximum absolute atomic E-state index is 14.0. The number of anilines is 3. The second kappa shape index (κ2) is 9.33. The Kier molecular flexibility index (Phi) is 6.25. The predicted octanol–water partition coefficient (Wildman–Crippen LogP) is 5.17. The van der Waals surface area contributed by atoms with Crippen molar-refractivity contribution in [2.45, 2.75) is 38.8 Å². The van der Waals surface area contributed by atoms with E-state index in [9.17, 15) is 8.78 Å². The molecule has 5 rings (SSSR count). The maximum Gasteiger partial charge on any atom is 0.228 e. The van der Waals surface area contributed by atoms with E-state index in [0.717, 1.165) is 56.7 Å². The van der Waals surface area contributed by atoms with Crippen LogP contribution >= 0.6 is 11.6 Å².